The fourth-order valence-electron chi connectivity index (χ4n) is 1.60. The van der Waals surface area contributed by atoms with Crippen LogP contribution in [0, 0.1) is 19.3 Å². The predicted octanol–water partition coefficient (Wildman–Crippen LogP) is 3.00. The molecule has 0 unspecified atom stereocenters. The van der Waals surface area contributed by atoms with E-state index in [1.165, 1.54) is 0 Å². The maximum atomic E-state index is 9.86. The summed E-state index contributed by atoms with van der Waals surface area (Å²) in [4.78, 5) is 0. The lowest BCUT2D eigenvalue weighted by Crippen LogP contribution is -1.97. The highest BCUT2D eigenvalue weighted by atomic mass is 16.3. The van der Waals surface area contributed by atoms with Crippen LogP contribution in [0.5, 0.6) is 5.75 Å². The molecule has 0 atom stereocenters. The van der Waals surface area contributed by atoms with Gasteiger partial charge in [-0.3, -0.25) is 0 Å². The van der Waals surface area contributed by atoms with Crippen LogP contribution in [0.3, 0.4) is 0 Å². The van der Waals surface area contributed by atoms with Crippen molar-refractivity contribution >= 4 is 0 Å². The Bertz CT molecular complexity index is 370. The molecule has 1 aromatic carbocycles. The molecule has 1 aromatic rings. The molecule has 1 rings (SSSR count). The third-order valence-electron chi connectivity index (χ3n) is 2.42. The Morgan fingerprint density at radius 2 is 2.07 bits per heavy atom. The van der Waals surface area contributed by atoms with Crippen LogP contribution in [0.25, 0.3) is 0 Å². The largest absolute Gasteiger partial charge is 0.507 e. The molecule has 1 heteroatoms. The van der Waals surface area contributed by atoms with Crippen molar-refractivity contribution in [2.45, 2.75) is 33.1 Å². The van der Waals surface area contributed by atoms with Crippen LogP contribution in [-0.2, 0) is 6.42 Å². The zero-order valence-corrected chi connectivity index (χ0v) is 8.96. The van der Waals surface area contributed by atoms with Crippen molar-refractivity contribution in [3.05, 3.63) is 28.8 Å². The van der Waals surface area contributed by atoms with Crippen LogP contribution in [0.1, 0.15) is 36.5 Å². The van der Waals surface area contributed by atoms with Gasteiger partial charge in [-0.2, -0.15) is 0 Å². The fourth-order valence-corrected chi connectivity index (χ4v) is 1.60. The van der Waals surface area contributed by atoms with E-state index in [1.54, 1.807) is 0 Å². The van der Waals surface area contributed by atoms with Crippen molar-refractivity contribution in [2.75, 3.05) is 0 Å². The molecule has 0 radical (unpaired) electrons. The van der Waals surface area contributed by atoms with E-state index in [0.29, 0.717) is 18.1 Å². The number of hydrogen-bond donors (Lipinski definition) is 1. The molecule has 1 nitrogen and oxygen atoms in total. The standard InChI is InChI=1S/C13H16O/c1-5-6-12-11(9(2)3)8-7-10(4)13(12)14/h1,7-9,14H,6H2,2-4H3. The van der Waals surface area contributed by atoms with Gasteiger partial charge in [0, 0.05) is 12.0 Å². The number of aryl methyl sites for hydroxylation is 1. The van der Waals surface area contributed by atoms with E-state index in [0.717, 1.165) is 16.7 Å². The summed E-state index contributed by atoms with van der Waals surface area (Å²) in [7, 11) is 0. The molecule has 0 aliphatic heterocycles. The predicted molar refractivity (Wildman–Crippen MR) is 59.5 cm³/mol. The fraction of sp³-hybridized carbons (Fsp3) is 0.385. The zero-order valence-electron chi connectivity index (χ0n) is 8.96. The van der Waals surface area contributed by atoms with Crippen molar-refractivity contribution in [2.24, 2.45) is 0 Å². The second kappa shape index (κ2) is 4.19. The Labute approximate surface area is 85.8 Å². The number of phenolic OH excluding ortho intramolecular Hbond substituents is 1. The van der Waals surface area contributed by atoms with Crippen molar-refractivity contribution < 1.29 is 5.11 Å². The van der Waals surface area contributed by atoms with Crippen molar-refractivity contribution in [1.82, 2.24) is 0 Å². The number of hydrogen-bond acceptors (Lipinski definition) is 1. The van der Waals surface area contributed by atoms with Crippen LogP contribution < -0.4 is 0 Å². The van der Waals surface area contributed by atoms with Gasteiger partial charge in [-0.05, 0) is 24.0 Å². The van der Waals surface area contributed by atoms with Crippen LogP contribution in [-0.4, -0.2) is 5.11 Å². The summed E-state index contributed by atoms with van der Waals surface area (Å²) >= 11 is 0. The van der Waals surface area contributed by atoms with Gasteiger partial charge in [0.2, 0.25) is 0 Å². The SMILES string of the molecule is C#CCc1c(C(C)C)ccc(C)c1O. The number of benzene rings is 1. The highest BCUT2D eigenvalue weighted by Gasteiger charge is 2.11. The minimum atomic E-state index is 0.356. The first kappa shape index (κ1) is 10.7. The number of rotatable bonds is 2. The smallest absolute Gasteiger partial charge is 0.122 e. The van der Waals surface area contributed by atoms with Gasteiger partial charge in [0.1, 0.15) is 5.75 Å². The number of terminal acetylenes is 1. The maximum Gasteiger partial charge on any atom is 0.122 e. The molecule has 0 heterocycles. The first-order valence-corrected chi connectivity index (χ1v) is 4.82. The van der Waals surface area contributed by atoms with E-state index in [-0.39, 0.29) is 0 Å². The van der Waals surface area contributed by atoms with Gasteiger partial charge in [-0.15, -0.1) is 12.3 Å². The molecule has 0 bridgehead atoms. The van der Waals surface area contributed by atoms with Crippen LogP contribution in [0.15, 0.2) is 12.1 Å². The Morgan fingerprint density at radius 3 is 2.57 bits per heavy atom. The van der Waals surface area contributed by atoms with E-state index in [1.807, 2.05) is 19.1 Å². The van der Waals surface area contributed by atoms with Gasteiger partial charge in [-0.1, -0.05) is 26.0 Å². The van der Waals surface area contributed by atoms with Gasteiger partial charge in [0.05, 0.1) is 0 Å². The van der Waals surface area contributed by atoms with Crippen molar-refractivity contribution in [3.63, 3.8) is 0 Å². The third-order valence-corrected chi connectivity index (χ3v) is 2.42. The van der Waals surface area contributed by atoms with Gasteiger partial charge in [0.25, 0.3) is 0 Å². The topological polar surface area (TPSA) is 20.2 Å². The molecule has 1 N–H and O–H groups in total. The van der Waals surface area contributed by atoms with Crippen LogP contribution in [0.4, 0.5) is 0 Å². The second-order valence-corrected chi connectivity index (χ2v) is 3.83. The molecule has 74 valence electrons. The molecular weight excluding hydrogens is 172 g/mol. The second-order valence-electron chi connectivity index (χ2n) is 3.83. The molecule has 14 heavy (non-hydrogen) atoms. The lowest BCUT2D eigenvalue weighted by Gasteiger charge is -2.14. The molecule has 0 fully saturated rings. The summed E-state index contributed by atoms with van der Waals surface area (Å²) in [6.45, 7) is 6.09. The molecule has 0 aromatic heterocycles. The summed E-state index contributed by atoms with van der Waals surface area (Å²) in [5.41, 5.74) is 2.94. The lowest BCUT2D eigenvalue weighted by atomic mass is 9.93. The highest BCUT2D eigenvalue weighted by Crippen LogP contribution is 2.30. The van der Waals surface area contributed by atoms with Crippen LogP contribution >= 0.6 is 0 Å². The molecule has 0 aliphatic rings. The average molecular weight is 188 g/mol. The molecule has 0 aliphatic carbocycles. The highest BCUT2D eigenvalue weighted by molar-refractivity contribution is 5.47. The minimum absolute atomic E-state index is 0.356. The Kier molecular flexibility index (Phi) is 3.19. The normalized spacial score (nSPS) is 10.2. The first-order valence-electron chi connectivity index (χ1n) is 4.82. The maximum absolute atomic E-state index is 9.86. The van der Waals surface area contributed by atoms with E-state index < -0.39 is 0 Å². The van der Waals surface area contributed by atoms with Gasteiger partial charge < -0.3 is 5.11 Å². The zero-order chi connectivity index (χ0) is 10.7. The van der Waals surface area contributed by atoms with Crippen molar-refractivity contribution in [3.8, 4) is 18.1 Å². The number of phenols is 1. The summed E-state index contributed by atoms with van der Waals surface area (Å²) < 4.78 is 0. The average Bonchev–Trinajstić information content (AvgIpc) is 2.13. The molecule has 0 spiro atoms. The quantitative estimate of drug-likeness (QED) is 0.707. The van der Waals surface area contributed by atoms with Gasteiger partial charge in [0.15, 0.2) is 0 Å². The summed E-state index contributed by atoms with van der Waals surface area (Å²) in [6.07, 6.45) is 5.79. The van der Waals surface area contributed by atoms with Crippen molar-refractivity contribution in [1.29, 1.82) is 0 Å². The molecular formula is C13H16O. The molecule has 0 amide bonds. The Morgan fingerprint density at radius 1 is 1.43 bits per heavy atom. The summed E-state index contributed by atoms with van der Waals surface area (Å²) in [6, 6.07) is 3.98. The first-order chi connectivity index (χ1) is 6.57. The van der Waals surface area contributed by atoms with Gasteiger partial charge >= 0.3 is 0 Å². The lowest BCUT2D eigenvalue weighted by molar-refractivity contribution is 0.464. The third kappa shape index (κ3) is 1.90. The van der Waals surface area contributed by atoms with Gasteiger partial charge in [-0.25, -0.2) is 0 Å². The Balaban J connectivity index is 3.31. The molecule has 0 saturated heterocycles. The monoisotopic (exact) mass is 188 g/mol. The summed E-state index contributed by atoms with van der Waals surface area (Å²) in [5, 5.41) is 9.86. The van der Waals surface area contributed by atoms with Crippen LogP contribution in [0.2, 0.25) is 0 Å². The van der Waals surface area contributed by atoms with E-state index in [9.17, 15) is 5.11 Å². The summed E-state index contributed by atoms with van der Waals surface area (Å²) in [5.74, 6) is 3.34. The number of aromatic hydroxyl groups is 1. The molecule has 0 saturated carbocycles. The van der Waals surface area contributed by atoms with E-state index in [4.69, 9.17) is 6.42 Å². The van der Waals surface area contributed by atoms with E-state index in [2.05, 4.69) is 19.8 Å². The van der Waals surface area contributed by atoms with E-state index >= 15 is 0 Å². The minimum Gasteiger partial charge on any atom is -0.507 e. The Hall–Kier alpha value is -1.42.